The summed E-state index contributed by atoms with van der Waals surface area (Å²) in [5, 5.41) is 0. The van der Waals surface area contributed by atoms with Gasteiger partial charge in [-0.15, -0.1) is 0 Å². The quantitative estimate of drug-likeness (QED) is 0.592. The number of urea groups is 1. The number of amides is 4. The lowest BCUT2D eigenvalue weighted by Crippen LogP contribution is -2.52. The summed E-state index contributed by atoms with van der Waals surface area (Å²) in [7, 11) is 0. The van der Waals surface area contributed by atoms with Crippen LogP contribution in [-0.4, -0.2) is 34.4 Å². The highest BCUT2D eigenvalue weighted by Crippen LogP contribution is 2.60. The standard InChI is InChI=1S/C27H28N2O4/c30-24-23(21-7-3-1-4-8-21)28(17-27-14-18-11-19(15-27)13-20(12-18)16-27)25(31)29(24)26(32)33-22-9-5-2-6-10-22/h1-10,18-20,23H,11-17H2. The second-order valence-electron chi connectivity index (χ2n) is 10.5. The minimum Gasteiger partial charge on any atom is -0.410 e. The maximum absolute atomic E-state index is 13.6. The monoisotopic (exact) mass is 444 g/mol. The van der Waals surface area contributed by atoms with Gasteiger partial charge in [-0.05, 0) is 79.4 Å². The van der Waals surface area contributed by atoms with Crippen molar-refractivity contribution in [2.24, 2.45) is 23.2 Å². The van der Waals surface area contributed by atoms with E-state index in [4.69, 9.17) is 4.74 Å². The van der Waals surface area contributed by atoms with E-state index in [0.29, 0.717) is 17.2 Å². The number of para-hydroxylation sites is 1. The molecule has 2 aromatic rings. The van der Waals surface area contributed by atoms with Crippen LogP contribution in [0.4, 0.5) is 9.59 Å². The summed E-state index contributed by atoms with van der Waals surface area (Å²) in [5.41, 5.74) is 0.785. The topological polar surface area (TPSA) is 66.9 Å². The van der Waals surface area contributed by atoms with Gasteiger partial charge in [0.25, 0.3) is 5.91 Å². The van der Waals surface area contributed by atoms with Crippen LogP contribution in [0.3, 0.4) is 0 Å². The lowest BCUT2D eigenvalue weighted by atomic mass is 9.49. The first kappa shape index (κ1) is 20.5. The highest BCUT2D eigenvalue weighted by molar-refractivity contribution is 6.15. The summed E-state index contributed by atoms with van der Waals surface area (Å²) >= 11 is 0. The van der Waals surface area contributed by atoms with Gasteiger partial charge < -0.3 is 9.64 Å². The molecule has 170 valence electrons. The van der Waals surface area contributed by atoms with Crippen molar-refractivity contribution in [3.05, 3.63) is 66.2 Å². The molecule has 4 bridgehead atoms. The van der Waals surface area contributed by atoms with Crippen LogP contribution in [-0.2, 0) is 4.79 Å². The molecule has 5 aliphatic rings. The Balaban J connectivity index is 1.32. The van der Waals surface area contributed by atoms with Gasteiger partial charge in [0.15, 0.2) is 0 Å². The number of hydrogen-bond donors (Lipinski definition) is 0. The number of imide groups is 3. The van der Waals surface area contributed by atoms with Crippen LogP contribution >= 0.6 is 0 Å². The highest BCUT2D eigenvalue weighted by atomic mass is 16.6. The van der Waals surface area contributed by atoms with E-state index >= 15 is 0 Å². The third-order valence-corrected chi connectivity index (χ3v) is 8.12. The second-order valence-corrected chi connectivity index (χ2v) is 10.5. The zero-order chi connectivity index (χ0) is 22.6. The van der Waals surface area contributed by atoms with Crippen LogP contribution in [0.15, 0.2) is 60.7 Å². The molecule has 1 atom stereocenters. The number of carbonyl (C=O) groups is 3. The predicted molar refractivity (Wildman–Crippen MR) is 121 cm³/mol. The summed E-state index contributed by atoms with van der Waals surface area (Å²) in [4.78, 5) is 42.4. The van der Waals surface area contributed by atoms with Gasteiger partial charge in [0.2, 0.25) is 0 Å². The van der Waals surface area contributed by atoms with Crippen molar-refractivity contribution in [2.75, 3.05) is 6.54 Å². The van der Waals surface area contributed by atoms with Gasteiger partial charge in [-0.3, -0.25) is 4.79 Å². The third kappa shape index (κ3) is 3.52. The van der Waals surface area contributed by atoms with Crippen molar-refractivity contribution in [3.63, 3.8) is 0 Å². The normalized spacial score (nSPS) is 32.5. The zero-order valence-electron chi connectivity index (χ0n) is 18.6. The molecule has 7 rings (SSSR count). The average molecular weight is 445 g/mol. The molecule has 1 heterocycles. The van der Waals surface area contributed by atoms with Gasteiger partial charge in [-0.25, -0.2) is 9.59 Å². The molecule has 4 amide bonds. The number of ether oxygens (including phenoxy) is 1. The summed E-state index contributed by atoms with van der Waals surface area (Å²) < 4.78 is 5.38. The molecule has 0 aromatic heterocycles. The largest absolute Gasteiger partial charge is 0.430 e. The first-order chi connectivity index (χ1) is 16.0. The van der Waals surface area contributed by atoms with E-state index < -0.39 is 24.1 Å². The second kappa shape index (κ2) is 7.72. The van der Waals surface area contributed by atoms with Crippen LogP contribution in [0.1, 0.15) is 50.1 Å². The van der Waals surface area contributed by atoms with Gasteiger partial charge in [-0.1, -0.05) is 48.5 Å². The highest BCUT2D eigenvalue weighted by Gasteiger charge is 2.56. The first-order valence-electron chi connectivity index (χ1n) is 12.0. The van der Waals surface area contributed by atoms with Gasteiger partial charge in [0, 0.05) is 6.54 Å². The maximum atomic E-state index is 13.6. The molecule has 0 radical (unpaired) electrons. The Morgan fingerprint density at radius 2 is 1.39 bits per heavy atom. The molecule has 33 heavy (non-hydrogen) atoms. The maximum Gasteiger partial charge on any atom is 0.430 e. The van der Waals surface area contributed by atoms with Crippen molar-refractivity contribution < 1.29 is 19.1 Å². The SMILES string of the molecule is O=C(Oc1ccccc1)N1C(=O)C(c2ccccc2)N(CC23CC4CC(CC(C4)C2)C3)C1=O. The molecule has 5 fully saturated rings. The minimum absolute atomic E-state index is 0.0526. The Bertz CT molecular complexity index is 1050. The summed E-state index contributed by atoms with van der Waals surface area (Å²) in [6.45, 7) is 0.524. The molecule has 0 spiro atoms. The molecule has 4 aliphatic carbocycles. The van der Waals surface area contributed by atoms with Gasteiger partial charge >= 0.3 is 12.1 Å². The molecule has 6 heteroatoms. The Hall–Kier alpha value is -3.15. The van der Waals surface area contributed by atoms with Gasteiger partial charge in [-0.2, -0.15) is 4.90 Å². The zero-order valence-corrected chi connectivity index (χ0v) is 18.6. The summed E-state index contributed by atoms with van der Waals surface area (Å²) in [6.07, 6.45) is 6.34. The van der Waals surface area contributed by atoms with Crippen molar-refractivity contribution in [1.82, 2.24) is 9.80 Å². The van der Waals surface area contributed by atoms with Crippen molar-refractivity contribution >= 4 is 18.0 Å². The van der Waals surface area contributed by atoms with Crippen LogP contribution in [0.5, 0.6) is 5.75 Å². The van der Waals surface area contributed by atoms with E-state index in [1.165, 1.54) is 19.3 Å². The fraction of sp³-hybridized carbons (Fsp3) is 0.444. The first-order valence-corrected chi connectivity index (χ1v) is 12.0. The summed E-state index contributed by atoms with van der Waals surface area (Å²) in [6, 6.07) is 16.5. The lowest BCUT2D eigenvalue weighted by molar-refractivity contribution is -0.127. The van der Waals surface area contributed by atoms with Crippen LogP contribution in [0.25, 0.3) is 0 Å². The van der Waals surface area contributed by atoms with Crippen LogP contribution < -0.4 is 4.74 Å². The van der Waals surface area contributed by atoms with Crippen LogP contribution in [0, 0.1) is 23.2 Å². The van der Waals surface area contributed by atoms with Gasteiger partial charge in [0.1, 0.15) is 11.8 Å². The van der Waals surface area contributed by atoms with E-state index in [0.717, 1.165) is 42.6 Å². The molecule has 1 aliphatic heterocycles. The number of benzene rings is 2. The number of carbonyl (C=O) groups excluding carboxylic acids is 3. The van der Waals surface area contributed by atoms with Gasteiger partial charge in [0.05, 0.1) is 0 Å². The molecule has 1 unspecified atom stereocenters. The third-order valence-electron chi connectivity index (χ3n) is 8.12. The fourth-order valence-corrected chi connectivity index (χ4v) is 7.35. The van der Waals surface area contributed by atoms with Crippen LogP contribution in [0.2, 0.25) is 0 Å². The molecule has 1 saturated heterocycles. The van der Waals surface area contributed by atoms with E-state index in [-0.39, 0.29) is 5.41 Å². The predicted octanol–water partition coefficient (Wildman–Crippen LogP) is 5.41. The van der Waals surface area contributed by atoms with E-state index in [1.807, 2.05) is 36.4 Å². The Morgan fingerprint density at radius 3 is 1.97 bits per heavy atom. The molecular formula is C27H28N2O4. The molecule has 4 saturated carbocycles. The average Bonchev–Trinajstić information content (AvgIpc) is 3.03. The van der Waals surface area contributed by atoms with Crippen molar-refractivity contribution in [1.29, 1.82) is 0 Å². The molecule has 2 aromatic carbocycles. The Kier molecular flexibility index (Phi) is 4.78. The summed E-state index contributed by atoms with van der Waals surface area (Å²) in [5.74, 6) is 1.98. The smallest absolute Gasteiger partial charge is 0.410 e. The van der Waals surface area contributed by atoms with Crippen molar-refractivity contribution in [3.8, 4) is 5.75 Å². The van der Waals surface area contributed by atoms with E-state index in [2.05, 4.69) is 0 Å². The lowest BCUT2D eigenvalue weighted by Gasteiger charge is -2.57. The minimum atomic E-state index is -0.940. The number of rotatable bonds is 4. The fourth-order valence-electron chi connectivity index (χ4n) is 7.35. The van der Waals surface area contributed by atoms with Crippen molar-refractivity contribution in [2.45, 2.75) is 44.6 Å². The number of nitrogens with zero attached hydrogens (tertiary/aromatic N) is 2. The molecular weight excluding hydrogens is 416 g/mol. The van der Waals surface area contributed by atoms with E-state index in [1.54, 1.807) is 29.2 Å². The Labute approximate surface area is 193 Å². The van der Waals surface area contributed by atoms with E-state index in [9.17, 15) is 14.4 Å². The molecule has 0 N–H and O–H groups in total. The Morgan fingerprint density at radius 1 is 0.848 bits per heavy atom. The number of hydrogen-bond acceptors (Lipinski definition) is 4. The molecule has 6 nitrogen and oxygen atoms in total.